The molecule has 5 rings (SSSR count). The highest BCUT2D eigenvalue weighted by Gasteiger charge is 2.21. The van der Waals surface area contributed by atoms with Gasteiger partial charge in [0.25, 0.3) is 0 Å². The zero-order valence-electron chi connectivity index (χ0n) is 25.8. The lowest BCUT2D eigenvalue weighted by atomic mass is 10.0. The maximum Gasteiger partial charge on any atom is 0.220 e. The van der Waals surface area contributed by atoms with Crippen molar-refractivity contribution in [1.29, 1.82) is 0 Å². The van der Waals surface area contributed by atoms with Gasteiger partial charge in [-0.05, 0) is 43.7 Å². The molecule has 0 spiro atoms. The van der Waals surface area contributed by atoms with E-state index in [9.17, 15) is 9.18 Å². The number of carbonyl (C=O) groups excluding carboxylic acids is 1. The molecule has 0 radical (unpaired) electrons. The summed E-state index contributed by atoms with van der Waals surface area (Å²) in [5.74, 6) is 1.24. The molecule has 1 amide bonds. The summed E-state index contributed by atoms with van der Waals surface area (Å²) in [6.07, 6.45) is 3.52. The van der Waals surface area contributed by atoms with Gasteiger partial charge in [0.15, 0.2) is 0 Å². The molecule has 0 unspecified atom stereocenters. The number of hydrogen-bond acceptors (Lipinski definition) is 8. The number of benzene rings is 2. The number of para-hydroxylation sites is 1. The molecule has 0 bridgehead atoms. The number of aromatic nitrogens is 2. The minimum Gasteiger partial charge on any atom is -0.494 e. The van der Waals surface area contributed by atoms with Crippen molar-refractivity contribution in [3.8, 4) is 34.1 Å². The maximum absolute atomic E-state index is 12.5. The summed E-state index contributed by atoms with van der Waals surface area (Å²) in [6, 6.07) is 17.2. The topological polar surface area (TPSA) is 109 Å². The van der Waals surface area contributed by atoms with Crippen molar-refractivity contribution in [1.82, 2.24) is 25.9 Å². The van der Waals surface area contributed by atoms with Crippen molar-refractivity contribution in [2.45, 2.75) is 38.4 Å². The zero-order chi connectivity index (χ0) is 32.5. The van der Waals surface area contributed by atoms with E-state index in [-0.39, 0.29) is 18.6 Å². The van der Waals surface area contributed by atoms with Gasteiger partial charge in [-0.15, -0.1) is 0 Å². The van der Waals surface area contributed by atoms with E-state index in [0.29, 0.717) is 88.9 Å². The van der Waals surface area contributed by atoms with Gasteiger partial charge < -0.3 is 30.7 Å². The van der Waals surface area contributed by atoms with Gasteiger partial charge in [0.1, 0.15) is 5.75 Å². The summed E-state index contributed by atoms with van der Waals surface area (Å²) in [5, 5.41) is 13.8. The van der Waals surface area contributed by atoms with E-state index in [0.717, 1.165) is 23.2 Å². The van der Waals surface area contributed by atoms with E-state index in [2.05, 4.69) is 26.3 Å². The molecule has 4 aromatic rings. The molecule has 0 aliphatic carbocycles. The van der Waals surface area contributed by atoms with E-state index in [4.69, 9.17) is 37.7 Å². The summed E-state index contributed by atoms with van der Waals surface area (Å²) in [7, 11) is 3.20. The zero-order valence-corrected chi connectivity index (χ0v) is 27.3. The molecule has 1 aliphatic rings. The minimum absolute atomic E-state index is 0.0926. The van der Waals surface area contributed by atoms with Gasteiger partial charge in [-0.1, -0.05) is 53.5 Å². The number of nitrogens with zero attached hydrogens (tertiary/aromatic N) is 2. The Balaban J connectivity index is 1.36. The molecule has 46 heavy (non-hydrogen) atoms. The van der Waals surface area contributed by atoms with Crippen LogP contribution in [-0.2, 0) is 17.9 Å². The Hall–Kier alpha value is -3.96. The van der Waals surface area contributed by atoms with Crippen LogP contribution in [0.2, 0.25) is 10.0 Å². The average molecular weight is 668 g/mol. The number of nitrogens with one attached hydrogen (secondary N) is 4. The Morgan fingerprint density at radius 2 is 1.74 bits per heavy atom. The van der Waals surface area contributed by atoms with Crippen LogP contribution in [0.25, 0.3) is 22.5 Å². The molecule has 9 nitrogen and oxygen atoms in total. The fourth-order valence-electron chi connectivity index (χ4n) is 5.41. The van der Waals surface area contributed by atoms with Crippen molar-refractivity contribution in [2.24, 2.45) is 0 Å². The largest absolute Gasteiger partial charge is 0.494 e. The van der Waals surface area contributed by atoms with Crippen LogP contribution < -0.4 is 30.7 Å². The predicted octanol–water partition coefficient (Wildman–Crippen LogP) is 6.70. The third kappa shape index (κ3) is 7.87. The monoisotopic (exact) mass is 666 g/mol. The van der Waals surface area contributed by atoms with Crippen LogP contribution in [0.15, 0.2) is 60.8 Å². The molecule has 1 saturated heterocycles. The minimum atomic E-state index is -0.360. The Kier molecular flexibility index (Phi) is 11.7. The van der Waals surface area contributed by atoms with Gasteiger partial charge in [-0.2, -0.15) is 0 Å². The van der Waals surface area contributed by atoms with Gasteiger partial charge in [0, 0.05) is 60.5 Å². The molecule has 3 heterocycles. The van der Waals surface area contributed by atoms with Crippen LogP contribution in [0.3, 0.4) is 0 Å². The van der Waals surface area contributed by atoms with E-state index in [1.807, 2.05) is 54.6 Å². The highest BCUT2D eigenvalue weighted by atomic mass is 35.5. The van der Waals surface area contributed by atoms with Crippen molar-refractivity contribution < 1.29 is 18.7 Å². The van der Waals surface area contributed by atoms with Gasteiger partial charge >= 0.3 is 0 Å². The van der Waals surface area contributed by atoms with Gasteiger partial charge in [0.2, 0.25) is 11.8 Å². The first-order valence-corrected chi connectivity index (χ1v) is 15.9. The highest BCUT2D eigenvalue weighted by Crippen LogP contribution is 2.42. The molecule has 1 aliphatic heterocycles. The number of halogens is 3. The first kappa shape index (κ1) is 33.4. The molecule has 0 saturated carbocycles. The van der Waals surface area contributed by atoms with Gasteiger partial charge in [-0.25, -0.2) is 4.98 Å². The predicted molar refractivity (Wildman–Crippen MR) is 181 cm³/mol. The fraction of sp³-hybridized carbons (Fsp3) is 0.324. The van der Waals surface area contributed by atoms with Crippen LogP contribution in [0.4, 0.5) is 15.8 Å². The number of pyridine rings is 2. The number of amides is 1. The Labute approximate surface area is 278 Å². The van der Waals surface area contributed by atoms with E-state index in [1.54, 1.807) is 20.4 Å². The normalized spacial score (nSPS) is 14.3. The summed E-state index contributed by atoms with van der Waals surface area (Å²) < 4.78 is 23.9. The van der Waals surface area contributed by atoms with Crippen LogP contribution in [0, 0.1) is 0 Å². The molecular weight excluding hydrogens is 630 g/mol. The first-order chi connectivity index (χ1) is 22.4. The SMILES string of the molecule is COc1nc(-c2ccnc(-c3cccc(Nc4cccc(CNCCCF)c4OC)c3Cl)c2Cl)ccc1CNC[C@@H]1CCC(=O)N1. The standard InChI is InChI=1S/C34H37Cl2FN6O3/c1-45-33-21(18-38-16-5-15-37)6-3-9-28(33)42-27-8-4-7-25(30(27)35)32-31(36)24(14-17-40-32)26-12-10-22(34(43-26)46-2)19-39-20-23-11-13-29(44)41-23/h3-4,6-10,12,14,17,23,38-39,42H,5,11,13,15-16,18-20H2,1-2H3,(H,41,44)/t23-/m0/s1. The van der Waals surface area contributed by atoms with E-state index < -0.39 is 0 Å². The molecule has 1 fully saturated rings. The smallest absolute Gasteiger partial charge is 0.220 e. The third-order valence-corrected chi connectivity index (χ3v) is 8.51. The lowest BCUT2D eigenvalue weighted by Gasteiger charge is -2.18. The lowest BCUT2D eigenvalue weighted by Crippen LogP contribution is -2.35. The van der Waals surface area contributed by atoms with Crippen molar-refractivity contribution >= 4 is 40.5 Å². The fourth-order valence-corrected chi connectivity index (χ4v) is 5.98. The molecule has 2 aromatic carbocycles. The van der Waals surface area contributed by atoms with E-state index in [1.165, 1.54) is 0 Å². The van der Waals surface area contributed by atoms with Crippen LogP contribution in [0.1, 0.15) is 30.4 Å². The first-order valence-electron chi connectivity index (χ1n) is 15.1. The second-order valence-electron chi connectivity index (χ2n) is 10.8. The second-order valence-corrected chi connectivity index (χ2v) is 11.6. The molecule has 12 heteroatoms. The number of methoxy groups -OCH3 is 2. The molecule has 4 N–H and O–H groups in total. The van der Waals surface area contributed by atoms with E-state index >= 15 is 0 Å². The molecule has 2 aromatic heterocycles. The number of rotatable bonds is 15. The summed E-state index contributed by atoms with van der Waals surface area (Å²) in [6.45, 7) is 1.96. The van der Waals surface area contributed by atoms with Crippen molar-refractivity contribution in [3.05, 3.63) is 82.0 Å². The average Bonchev–Trinajstić information content (AvgIpc) is 3.49. The van der Waals surface area contributed by atoms with Gasteiger partial charge in [-0.3, -0.25) is 14.2 Å². The van der Waals surface area contributed by atoms with Crippen molar-refractivity contribution in [2.75, 3.05) is 39.3 Å². The number of carbonyl (C=O) groups is 1. The lowest BCUT2D eigenvalue weighted by molar-refractivity contribution is -0.119. The van der Waals surface area contributed by atoms with Gasteiger partial charge in [0.05, 0.1) is 53.7 Å². The highest BCUT2D eigenvalue weighted by molar-refractivity contribution is 6.39. The molecule has 242 valence electrons. The Bertz CT molecular complexity index is 1670. The van der Waals surface area contributed by atoms with Crippen LogP contribution >= 0.6 is 23.2 Å². The van der Waals surface area contributed by atoms with Crippen LogP contribution in [0.5, 0.6) is 11.6 Å². The number of anilines is 2. The summed E-state index contributed by atoms with van der Waals surface area (Å²) in [5.41, 5.74) is 5.67. The maximum atomic E-state index is 12.5. The number of hydrogen-bond donors (Lipinski definition) is 4. The third-order valence-electron chi connectivity index (χ3n) is 7.72. The molecule has 1 atom stereocenters. The second kappa shape index (κ2) is 16.0. The number of ether oxygens (including phenoxy) is 2. The Morgan fingerprint density at radius 1 is 0.935 bits per heavy atom. The Morgan fingerprint density at radius 3 is 2.50 bits per heavy atom. The quantitative estimate of drug-likeness (QED) is 0.104. The molecular formula is C34H37Cl2FN6O3. The summed E-state index contributed by atoms with van der Waals surface area (Å²) in [4.78, 5) is 20.8. The van der Waals surface area contributed by atoms with Crippen LogP contribution in [-0.4, -0.2) is 55.9 Å². The number of alkyl halides is 1. The summed E-state index contributed by atoms with van der Waals surface area (Å²) >= 11 is 14.0. The van der Waals surface area contributed by atoms with Crippen molar-refractivity contribution in [3.63, 3.8) is 0 Å².